The molecule has 2 N–H and O–H groups in total. The van der Waals surface area contributed by atoms with Gasteiger partial charge in [-0.2, -0.15) is 0 Å². The molecule has 0 heterocycles. The van der Waals surface area contributed by atoms with Crippen molar-refractivity contribution in [1.29, 1.82) is 0 Å². The molecule has 0 aliphatic heterocycles. The molecule has 0 fully saturated rings. The number of nitrogens with zero attached hydrogens (tertiary/aromatic N) is 1. The van der Waals surface area contributed by atoms with E-state index in [-0.39, 0.29) is 6.42 Å². The van der Waals surface area contributed by atoms with Crippen LogP contribution in [0.15, 0.2) is 0 Å². The van der Waals surface area contributed by atoms with Crippen molar-refractivity contribution in [3.63, 3.8) is 0 Å². The molecule has 6 nitrogen and oxygen atoms in total. The Bertz CT molecular complexity index is 252. The first-order valence-corrected chi connectivity index (χ1v) is 5.21. The number of hydrogen-bond acceptors (Lipinski definition) is 5. The lowest BCUT2D eigenvalue weighted by Gasteiger charge is -2.15. The molecule has 0 saturated heterocycles. The van der Waals surface area contributed by atoms with Crippen molar-refractivity contribution >= 4 is 17.8 Å². The van der Waals surface area contributed by atoms with E-state index in [1.54, 1.807) is 0 Å². The van der Waals surface area contributed by atoms with E-state index >= 15 is 0 Å². The third kappa shape index (κ3) is 6.13. The minimum absolute atomic E-state index is 0.178. The van der Waals surface area contributed by atoms with Gasteiger partial charge in [0.05, 0.1) is 0 Å². The summed E-state index contributed by atoms with van der Waals surface area (Å²) in [5.74, 6) is -1.80. The molecule has 92 valence electrons. The van der Waals surface area contributed by atoms with Gasteiger partial charge in [-0.05, 0) is 19.4 Å². The highest BCUT2D eigenvalue weighted by atomic mass is 16.7. The van der Waals surface area contributed by atoms with Crippen LogP contribution in [0.3, 0.4) is 0 Å². The zero-order chi connectivity index (χ0) is 12.6. The highest BCUT2D eigenvalue weighted by molar-refractivity contribution is 5.92. The lowest BCUT2D eigenvalue weighted by molar-refractivity contribution is -0.200. The maximum atomic E-state index is 11.2. The predicted molar refractivity (Wildman–Crippen MR) is 56.8 cm³/mol. The van der Waals surface area contributed by atoms with Crippen LogP contribution in [0.25, 0.3) is 0 Å². The Morgan fingerprint density at radius 3 is 2.06 bits per heavy atom. The van der Waals surface area contributed by atoms with E-state index in [0.29, 0.717) is 18.0 Å². The molecule has 0 saturated carbocycles. The molecule has 0 aliphatic carbocycles. The van der Waals surface area contributed by atoms with E-state index in [9.17, 15) is 14.4 Å². The number of carbonyl (C=O) groups is 3. The van der Waals surface area contributed by atoms with Gasteiger partial charge >= 0.3 is 5.97 Å². The third-order valence-corrected chi connectivity index (χ3v) is 1.85. The lowest BCUT2D eigenvalue weighted by Crippen LogP contribution is -2.35. The average molecular weight is 230 g/mol. The Morgan fingerprint density at radius 1 is 1.06 bits per heavy atom. The van der Waals surface area contributed by atoms with Crippen molar-refractivity contribution in [2.24, 2.45) is 5.73 Å². The minimum atomic E-state index is -0.609. The summed E-state index contributed by atoms with van der Waals surface area (Å²) in [6.45, 7) is 2.90. The summed E-state index contributed by atoms with van der Waals surface area (Å²) in [6.07, 6.45) is 2.49. The summed E-state index contributed by atoms with van der Waals surface area (Å²) >= 11 is 0. The van der Waals surface area contributed by atoms with Crippen LogP contribution < -0.4 is 5.73 Å². The van der Waals surface area contributed by atoms with Gasteiger partial charge in [0.25, 0.3) is 11.8 Å². The Hall–Kier alpha value is -1.43. The van der Waals surface area contributed by atoms with Gasteiger partial charge < -0.3 is 10.6 Å². The van der Waals surface area contributed by atoms with Gasteiger partial charge in [-0.1, -0.05) is 6.42 Å². The summed E-state index contributed by atoms with van der Waals surface area (Å²) in [4.78, 5) is 37.7. The monoisotopic (exact) mass is 230 g/mol. The first-order valence-electron chi connectivity index (χ1n) is 5.21. The molecule has 2 amide bonds. The topological polar surface area (TPSA) is 89.7 Å². The molecule has 0 aromatic carbocycles. The standard InChI is InChI=1S/C10H18N2O4/c1-8(13)12(9(2)14)16-10(15)6-4-3-5-7-11/h3-7,11H2,1-2H3. The molecule has 0 atom stereocenters. The predicted octanol–water partition coefficient (Wildman–Crippen LogP) is 0.359. The van der Waals surface area contributed by atoms with Gasteiger partial charge in [-0.3, -0.25) is 9.59 Å². The SMILES string of the molecule is CC(=O)N(OC(=O)CCCCCN)C(C)=O. The fourth-order valence-corrected chi connectivity index (χ4v) is 1.09. The van der Waals surface area contributed by atoms with Gasteiger partial charge in [0.15, 0.2) is 0 Å². The first kappa shape index (κ1) is 14.6. The number of hydroxylamine groups is 2. The van der Waals surface area contributed by atoms with Crippen molar-refractivity contribution in [2.75, 3.05) is 6.54 Å². The molecule has 0 rings (SSSR count). The van der Waals surface area contributed by atoms with Gasteiger partial charge in [0.1, 0.15) is 0 Å². The number of hydrogen-bond donors (Lipinski definition) is 1. The van der Waals surface area contributed by atoms with E-state index in [1.807, 2.05) is 0 Å². The van der Waals surface area contributed by atoms with Crippen molar-refractivity contribution in [2.45, 2.75) is 39.5 Å². The van der Waals surface area contributed by atoms with Crippen LogP contribution in [-0.4, -0.2) is 29.4 Å². The number of amides is 2. The minimum Gasteiger partial charge on any atom is -0.330 e. The average Bonchev–Trinajstić information content (AvgIpc) is 2.20. The fourth-order valence-electron chi connectivity index (χ4n) is 1.09. The fraction of sp³-hybridized carbons (Fsp3) is 0.700. The Balaban J connectivity index is 3.92. The van der Waals surface area contributed by atoms with Crippen molar-refractivity contribution in [3.8, 4) is 0 Å². The zero-order valence-electron chi connectivity index (χ0n) is 9.69. The van der Waals surface area contributed by atoms with Crippen molar-refractivity contribution in [1.82, 2.24) is 5.06 Å². The molecule has 0 bridgehead atoms. The number of imide groups is 1. The summed E-state index contributed by atoms with van der Waals surface area (Å²) < 4.78 is 0. The molecule has 0 unspecified atom stereocenters. The third-order valence-electron chi connectivity index (χ3n) is 1.85. The van der Waals surface area contributed by atoms with Crippen LogP contribution in [0, 0.1) is 0 Å². The molecular formula is C10H18N2O4. The molecule has 0 aliphatic rings. The quantitative estimate of drug-likeness (QED) is 0.544. The summed E-state index contributed by atoms with van der Waals surface area (Å²) in [7, 11) is 0. The smallest absolute Gasteiger partial charge is 0.330 e. The van der Waals surface area contributed by atoms with Crippen molar-refractivity contribution in [3.05, 3.63) is 0 Å². The second kappa shape index (κ2) is 7.81. The molecule has 0 aromatic rings. The van der Waals surface area contributed by atoms with E-state index in [1.165, 1.54) is 0 Å². The van der Waals surface area contributed by atoms with Crippen molar-refractivity contribution < 1.29 is 19.2 Å². The number of carbonyl (C=O) groups excluding carboxylic acids is 3. The molecular weight excluding hydrogens is 212 g/mol. The number of rotatable bonds is 5. The highest BCUT2D eigenvalue weighted by Gasteiger charge is 2.18. The normalized spacial score (nSPS) is 9.69. The molecule has 16 heavy (non-hydrogen) atoms. The molecule has 0 aromatic heterocycles. The molecule has 6 heteroatoms. The summed E-state index contributed by atoms with van der Waals surface area (Å²) in [6, 6.07) is 0. The van der Waals surface area contributed by atoms with Crippen LogP contribution in [-0.2, 0) is 19.2 Å². The van der Waals surface area contributed by atoms with Crippen LogP contribution >= 0.6 is 0 Å². The zero-order valence-corrected chi connectivity index (χ0v) is 9.69. The second-order valence-corrected chi connectivity index (χ2v) is 3.40. The maximum Gasteiger partial charge on any atom is 0.333 e. The first-order chi connectivity index (χ1) is 7.49. The van der Waals surface area contributed by atoms with Gasteiger partial charge in [0, 0.05) is 20.3 Å². The largest absolute Gasteiger partial charge is 0.333 e. The summed E-state index contributed by atoms with van der Waals surface area (Å²) in [5, 5.41) is 0.464. The molecule has 0 radical (unpaired) electrons. The second-order valence-electron chi connectivity index (χ2n) is 3.40. The van der Waals surface area contributed by atoms with E-state index in [0.717, 1.165) is 26.7 Å². The van der Waals surface area contributed by atoms with Crippen LogP contribution in [0.4, 0.5) is 0 Å². The van der Waals surface area contributed by atoms with E-state index < -0.39 is 17.8 Å². The number of nitrogens with two attached hydrogens (primary N) is 1. The van der Waals surface area contributed by atoms with Gasteiger partial charge in [-0.15, -0.1) is 5.06 Å². The maximum absolute atomic E-state index is 11.2. The Kier molecular flexibility index (Phi) is 7.11. The Labute approximate surface area is 94.7 Å². The van der Waals surface area contributed by atoms with Crippen LogP contribution in [0.1, 0.15) is 39.5 Å². The summed E-state index contributed by atoms with van der Waals surface area (Å²) in [5.41, 5.74) is 5.29. The number of unbranched alkanes of at least 4 members (excludes halogenated alkanes) is 2. The van der Waals surface area contributed by atoms with Crippen LogP contribution in [0.2, 0.25) is 0 Å². The highest BCUT2D eigenvalue weighted by Crippen LogP contribution is 2.03. The Morgan fingerprint density at radius 2 is 1.62 bits per heavy atom. The molecule has 0 spiro atoms. The van der Waals surface area contributed by atoms with Crippen LogP contribution in [0.5, 0.6) is 0 Å². The van der Waals surface area contributed by atoms with Gasteiger partial charge in [-0.25, -0.2) is 4.79 Å². The lowest BCUT2D eigenvalue weighted by atomic mass is 10.2. The van der Waals surface area contributed by atoms with Gasteiger partial charge in [0.2, 0.25) is 0 Å². The van der Waals surface area contributed by atoms with E-state index in [4.69, 9.17) is 5.73 Å². The van der Waals surface area contributed by atoms with E-state index in [2.05, 4.69) is 4.84 Å².